The number of benzene rings is 9. The Morgan fingerprint density at radius 2 is 0.759 bits per heavy atom. The molecule has 0 fully saturated rings. The number of hydrogen-bond donors (Lipinski definition) is 0. The Balaban J connectivity index is 1.18. The van der Waals surface area contributed by atoms with Crippen LogP contribution in [0.5, 0.6) is 0 Å². The van der Waals surface area contributed by atoms with Crippen molar-refractivity contribution in [1.29, 1.82) is 0 Å². The molecule has 0 aliphatic heterocycles. The average molecular weight is 757 g/mol. The van der Waals surface area contributed by atoms with Gasteiger partial charge in [0.25, 0.3) is 0 Å². The van der Waals surface area contributed by atoms with Gasteiger partial charge in [-0.05, 0) is 66.6 Å². The third kappa shape index (κ3) is 5.55. The lowest BCUT2D eigenvalue weighted by molar-refractivity contribution is 0.954. The summed E-state index contributed by atoms with van der Waals surface area (Å²) in [7, 11) is -2.78. The van der Waals surface area contributed by atoms with Gasteiger partial charge in [-0.25, -0.2) is 4.98 Å². The SMILES string of the molecule is c1ccc([Si](c2ccccc2)(c2ccccc2)c2ccc3c(c2)c2ccccc2n3-c2nc(-c3ccc4ccccc4c3)nc(-c3ccc4ccccc4c3)n2)cc1. The third-order valence-corrected chi connectivity index (χ3v) is 16.3. The van der Waals surface area contributed by atoms with Gasteiger partial charge in [-0.3, -0.25) is 4.57 Å². The van der Waals surface area contributed by atoms with Gasteiger partial charge in [0, 0.05) is 21.9 Å². The first-order valence-corrected chi connectivity index (χ1v) is 21.7. The standard InChI is InChI=1S/C53H36N4Si/c1-4-20-43(21-5-1)58(44-22-6-2-7-23-44,45-24-8-3-9-25-45)46-32-33-50-48(36-46)47-26-14-15-27-49(47)57(50)53-55-51(41-30-28-37-16-10-12-18-39(37)34-41)54-52(56-53)42-31-29-38-17-11-13-19-40(38)35-42/h1-36H. The Bertz CT molecular complexity index is 3090. The van der Waals surface area contributed by atoms with Crippen molar-refractivity contribution in [2.24, 2.45) is 0 Å². The molecule has 0 saturated carbocycles. The van der Waals surface area contributed by atoms with E-state index in [4.69, 9.17) is 15.0 Å². The van der Waals surface area contributed by atoms with Crippen molar-refractivity contribution in [2.75, 3.05) is 0 Å². The van der Waals surface area contributed by atoms with Crippen LogP contribution in [0.1, 0.15) is 0 Å². The Hall–Kier alpha value is -7.47. The minimum absolute atomic E-state index is 0.581. The normalized spacial score (nSPS) is 11.8. The minimum atomic E-state index is -2.78. The molecular weight excluding hydrogens is 721 g/mol. The van der Waals surface area contributed by atoms with Gasteiger partial charge in [0.05, 0.1) is 11.0 Å². The zero-order valence-electron chi connectivity index (χ0n) is 31.6. The summed E-state index contributed by atoms with van der Waals surface area (Å²) in [6.07, 6.45) is 0. The zero-order valence-corrected chi connectivity index (χ0v) is 32.6. The molecule has 272 valence electrons. The van der Waals surface area contributed by atoms with Crippen LogP contribution in [0.15, 0.2) is 218 Å². The molecule has 0 atom stereocenters. The largest absolute Gasteiger partial charge is 0.278 e. The first kappa shape index (κ1) is 33.8. The maximum Gasteiger partial charge on any atom is 0.238 e. The molecule has 0 saturated heterocycles. The van der Waals surface area contributed by atoms with E-state index in [1.807, 2.05) is 0 Å². The predicted molar refractivity (Wildman–Crippen MR) is 244 cm³/mol. The fourth-order valence-electron chi connectivity index (χ4n) is 8.87. The lowest BCUT2D eigenvalue weighted by Crippen LogP contribution is -2.74. The molecule has 0 aliphatic rings. The molecule has 11 aromatic rings. The van der Waals surface area contributed by atoms with E-state index < -0.39 is 8.07 Å². The minimum Gasteiger partial charge on any atom is -0.278 e. The van der Waals surface area contributed by atoms with E-state index in [9.17, 15) is 0 Å². The highest BCUT2D eigenvalue weighted by Crippen LogP contribution is 2.33. The van der Waals surface area contributed by atoms with Crippen LogP contribution < -0.4 is 20.7 Å². The van der Waals surface area contributed by atoms with Gasteiger partial charge in [-0.1, -0.05) is 194 Å². The van der Waals surface area contributed by atoms with Crippen LogP contribution >= 0.6 is 0 Å². The first-order valence-electron chi connectivity index (χ1n) is 19.7. The number of para-hydroxylation sites is 1. The molecule has 11 rings (SSSR count). The van der Waals surface area contributed by atoms with Crippen molar-refractivity contribution in [2.45, 2.75) is 0 Å². The van der Waals surface area contributed by atoms with E-state index in [1.54, 1.807) is 0 Å². The predicted octanol–water partition coefficient (Wildman–Crippen LogP) is 9.99. The summed E-state index contributed by atoms with van der Waals surface area (Å²) in [5.74, 6) is 1.84. The summed E-state index contributed by atoms with van der Waals surface area (Å²) < 4.78 is 2.22. The molecule has 0 amide bonds. The lowest BCUT2D eigenvalue weighted by atomic mass is 10.1. The fraction of sp³-hybridized carbons (Fsp3) is 0. The number of nitrogens with zero attached hydrogens (tertiary/aromatic N) is 4. The average Bonchev–Trinajstić information content (AvgIpc) is 3.64. The molecule has 0 spiro atoms. The second-order valence-electron chi connectivity index (χ2n) is 14.8. The molecule has 0 unspecified atom stereocenters. The Labute approximate surface area is 337 Å². The summed E-state index contributed by atoms with van der Waals surface area (Å²) in [6.45, 7) is 0. The van der Waals surface area contributed by atoms with E-state index in [0.717, 1.165) is 43.7 Å². The lowest BCUT2D eigenvalue weighted by Gasteiger charge is -2.34. The van der Waals surface area contributed by atoms with E-state index in [2.05, 4.69) is 223 Å². The monoisotopic (exact) mass is 756 g/mol. The smallest absolute Gasteiger partial charge is 0.238 e. The van der Waals surface area contributed by atoms with Crippen LogP contribution in [0.3, 0.4) is 0 Å². The molecule has 0 radical (unpaired) electrons. The van der Waals surface area contributed by atoms with E-state index in [0.29, 0.717) is 17.6 Å². The number of aromatic nitrogens is 4. The van der Waals surface area contributed by atoms with Crippen molar-refractivity contribution >= 4 is 72.2 Å². The fourth-order valence-corrected chi connectivity index (χ4v) is 13.6. The van der Waals surface area contributed by atoms with E-state index >= 15 is 0 Å². The Morgan fingerprint density at radius 3 is 1.29 bits per heavy atom. The molecule has 58 heavy (non-hydrogen) atoms. The van der Waals surface area contributed by atoms with Crippen molar-refractivity contribution in [3.05, 3.63) is 218 Å². The van der Waals surface area contributed by atoms with Crippen LogP contribution in [-0.4, -0.2) is 27.6 Å². The quantitative estimate of drug-likeness (QED) is 0.120. The van der Waals surface area contributed by atoms with E-state index in [-0.39, 0.29) is 0 Å². The van der Waals surface area contributed by atoms with Crippen LogP contribution in [0, 0.1) is 0 Å². The molecule has 0 N–H and O–H groups in total. The van der Waals surface area contributed by atoms with Gasteiger partial charge < -0.3 is 0 Å². The topological polar surface area (TPSA) is 43.6 Å². The van der Waals surface area contributed by atoms with Gasteiger partial charge in [0.2, 0.25) is 5.95 Å². The maximum absolute atomic E-state index is 5.30. The second kappa shape index (κ2) is 13.9. The van der Waals surface area contributed by atoms with Crippen LogP contribution in [-0.2, 0) is 0 Å². The summed E-state index contributed by atoms with van der Waals surface area (Å²) >= 11 is 0. The summed E-state index contributed by atoms with van der Waals surface area (Å²) in [6, 6.07) is 78.7. The van der Waals surface area contributed by atoms with Gasteiger partial charge in [0.1, 0.15) is 0 Å². The first-order chi connectivity index (χ1) is 28.7. The van der Waals surface area contributed by atoms with Gasteiger partial charge in [-0.15, -0.1) is 0 Å². The van der Waals surface area contributed by atoms with Crippen molar-refractivity contribution < 1.29 is 0 Å². The third-order valence-electron chi connectivity index (χ3n) is 11.6. The maximum atomic E-state index is 5.30. The molecule has 2 aromatic heterocycles. The summed E-state index contributed by atoms with van der Waals surface area (Å²) in [4.78, 5) is 15.8. The van der Waals surface area contributed by atoms with Gasteiger partial charge in [-0.2, -0.15) is 9.97 Å². The molecule has 0 bridgehead atoms. The number of hydrogen-bond acceptors (Lipinski definition) is 3. The molecular formula is C53H36N4Si. The van der Waals surface area contributed by atoms with Gasteiger partial charge in [0.15, 0.2) is 19.7 Å². The van der Waals surface area contributed by atoms with Crippen molar-refractivity contribution in [1.82, 2.24) is 19.5 Å². The molecule has 9 aromatic carbocycles. The highest BCUT2D eigenvalue weighted by atomic mass is 28.3. The van der Waals surface area contributed by atoms with Crippen molar-refractivity contribution in [3.8, 4) is 28.7 Å². The molecule has 2 heterocycles. The molecule has 0 aliphatic carbocycles. The summed E-state index contributed by atoms with van der Waals surface area (Å²) in [5, 5.41) is 12.3. The molecule has 5 heteroatoms. The van der Waals surface area contributed by atoms with Crippen LogP contribution in [0.4, 0.5) is 0 Å². The number of fused-ring (bicyclic) bond motifs is 5. The van der Waals surface area contributed by atoms with E-state index in [1.165, 1.54) is 31.5 Å². The van der Waals surface area contributed by atoms with Crippen LogP contribution in [0.25, 0.3) is 72.1 Å². The molecule has 4 nitrogen and oxygen atoms in total. The van der Waals surface area contributed by atoms with Crippen LogP contribution in [0.2, 0.25) is 0 Å². The summed E-state index contributed by atoms with van der Waals surface area (Å²) in [5.41, 5.74) is 3.97. The van der Waals surface area contributed by atoms with Gasteiger partial charge >= 0.3 is 0 Å². The van der Waals surface area contributed by atoms with Crippen molar-refractivity contribution in [3.63, 3.8) is 0 Å². The number of rotatable bonds is 7. The Kier molecular flexibility index (Phi) is 8.12. The highest BCUT2D eigenvalue weighted by molar-refractivity contribution is 7.20. The zero-order chi connectivity index (χ0) is 38.5. The second-order valence-corrected chi connectivity index (χ2v) is 18.6. The highest BCUT2D eigenvalue weighted by Gasteiger charge is 2.41. The Morgan fingerprint density at radius 1 is 0.310 bits per heavy atom.